The van der Waals surface area contributed by atoms with E-state index in [0.29, 0.717) is 6.61 Å². The monoisotopic (exact) mass is 241 g/mol. The van der Waals surface area contributed by atoms with Gasteiger partial charge >= 0.3 is 0 Å². The molecule has 2 rings (SSSR count). The fourth-order valence-corrected chi connectivity index (χ4v) is 1.43. The van der Waals surface area contributed by atoms with Crippen molar-refractivity contribution in [3.63, 3.8) is 0 Å². The summed E-state index contributed by atoms with van der Waals surface area (Å²) in [6.07, 6.45) is 0. The maximum absolute atomic E-state index is 5.68. The topological polar surface area (TPSA) is 59.6 Å². The van der Waals surface area contributed by atoms with Crippen molar-refractivity contribution in [3.05, 3.63) is 66.2 Å². The summed E-state index contributed by atoms with van der Waals surface area (Å²) in [6, 6.07) is 19.3. The number of hydroxylamine groups is 1. The number of para-hydroxylation sites is 1. The van der Waals surface area contributed by atoms with E-state index in [-0.39, 0.29) is 5.96 Å². The van der Waals surface area contributed by atoms with Crippen molar-refractivity contribution in [1.82, 2.24) is 5.48 Å². The molecule has 0 fully saturated rings. The van der Waals surface area contributed by atoms with Gasteiger partial charge in [0.2, 0.25) is 5.96 Å². The van der Waals surface area contributed by atoms with E-state index in [2.05, 4.69) is 10.5 Å². The van der Waals surface area contributed by atoms with Crippen LogP contribution in [0.3, 0.4) is 0 Å². The molecule has 92 valence electrons. The van der Waals surface area contributed by atoms with Crippen LogP contribution in [-0.2, 0) is 11.4 Å². The van der Waals surface area contributed by atoms with E-state index in [1.807, 2.05) is 60.7 Å². The van der Waals surface area contributed by atoms with Crippen molar-refractivity contribution in [1.29, 1.82) is 0 Å². The van der Waals surface area contributed by atoms with E-state index in [4.69, 9.17) is 10.6 Å². The van der Waals surface area contributed by atoms with E-state index in [0.717, 1.165) is 11.3 Å². The zero-order valence-electron chi connectivity index (χ0n) is 9.91. The molecule has 0 aliphatic carbocycles. The number of nitrogens with two attached hydrogens (primary N) is 1. The molecule has 0 aliphatic rings. The Morgan fingerprint density at radius 3 is 2.28 bits per heavy atom. The lowest BCUT2D eigenvalue weighted by Crippen LogP contribution is -2.31. The van der Waals surface area contributed by atoms with Crippen molar-refractivity contribution < 1.29 is 4.84 Å². The summed E-state index contributed by atoms with van der Waals surface area (Å²) in [5.74, 6) is 0.233. The molecule has 0 unspecified atom stereocenters. The molecular formula is C14H15N3O. The number of aliphatic imine (C=N–C) groups is 1. The molecule has 0 saturated heterocycles. The van der Waals surface area contributed by atoms with Crippen LogP contribution in [0.4, 0.5) is 5.69 Å². The van der Waals surface area contributed by atoms with Crippen LogP contribution in [-0.4, -0.2) is 5.96 Å². The number of hydrogen-bond acceptors (Lipinski definition) is 2. The van der Waals surface area contributed by atoms with Crippen molar-refractivity contribution in [2.45, 2.75) is 6.61 Å². The van der Waals surface area contributed by atoms with Gasteiger partial charge in [0.05, 0.1) is 12.3 Å². The Kier molecular flexibility index (Phi) is 4.33. The molecule has 3 N–H and O–H groups in total. The second kappa shape index (κ2) is 6.42. The second-order valence-corrected chi connectivity index (χ2v) is 3.71. The van der Waals surface area contributed by atoms with Crippen molar-refractivity contribution in [3.8, 4) is 0 Å². The summed E-state index contributed by atoms with van der Waals surface area (Å²) >= 11 is 0. The van der Waals surface area contributed by atoms with Crippen LogP contribution in [0.5, 0.6) is 0 Å². The lowest BCUT2D eigenvalue weighted by molar-refractivity contribution is 0.0704. The molecule has 4 heteroatoms. The standard InChI is InChI=1S/C14H15N3O/c15-14(16-13-9-5-2-6-10-13)17-18-11-12-7-3-1-4-8-12/h1-10H,11H2,(H3,15,16,17). The SMILES string of the molecule is NC(=Nc1ccccc1)NOCc1ccccc1. The van der Waals surface area contributed by atoms with Crippen LogP contribution in [0.15, 0.2) is 65.7 Å². The molecule has 0 amide bonds. The highest BCUT2D eigenvalue weighted by Crippen LogP contribution is 2.08. The summed E-state index contributed by atoms with van der Waals surface area (Å²) in [7, 11) is 0. The van der Waals surface area contributed by atoms with E-state index < -0.39 is 0 Å². The Morgan fingerprint density at radius 2 is 1.61 bits per heavy atom. The summed E-state index contributed by atoms with van der Waals surface area (Å²) in [5.41, 5.74) is 10.1. The number of hydrogen-bond donors (Lipinski definition) is 2. The maximum Gasteiger partial charge on any atom is 0.218 e. The molecule has 0 spiro atoms. The van der Waals surface area contributed by atoms with Gasteiger partial charge in [-0.1, -0.05) is 48.5 Å². The lowest BCUT2D eigenvalue weighted by atomic mass is 10.2. The minimum Gasteiger partial charge on any atom is -0.368 e. The molecule has 0 atom stereocenters. The predicted octanol–water partition coefficient (Wildman–Crippen LogP) is 2.35. The van der Waals surface area contributed by atoms with E-state index in [1.165, 1.54) is 0 Å². The third-order valence-electron chi connectivity index (χ3n) is 2.26. The van der Waals surface area contributed by atoms with Gasteiger partial charge in [0.25, 0.3) is 0 Å². The van der Waals surface area contributed by atoms with Crippen LogP contribution in [0.25, 0.3) is 0 Å². The Labute approximate surface area is 106 Å². The van der Waals surface area contributed by atoms with Gasteiger partial charge in [0.1, 0.15) is 0 Å². The number of benzene rings is 2. The van der Waals surface area contributed by atoms with Gasteiger partial charge < -0.3 is 5.73 Å². The van der Waals surface area contributed by atoms with Crippen molar-refractivity contribution >= 4 is 11.6 Å². The first-order valence-electron chi connectivity index (χ1n) is 5.65. The van der Waals surface area contributed by atoms with Gasteiger partial charge in [0.15, 0.2) is 0 Å². The number of nitrogens with zero attached hydrogens (tertiary/aromatic N) is 1. The molecule has 18 heavy (non-hydrogen) atoms. The van der Waals surface area contributed by atoms with Crippen LogP contribution in [0.1, 0.15) is 5.56 Å². The summed E-state index contributed by atoms with van der Waals surface area (Å²) < 4.78 is 0. The molecule has 0 saturated carbocycles. The van der Waals surface area contributed by atoms with E-state index in [9.17, 15) is 0 Å². The Hall–Kier alpha value is -2.33. The van der Waals surface area contributed by atoms with Gasteiger partial charge in [-0.15, -0.1) is 0 Å². The Morgan fingerprint density at radius 1 is 1.00 bits per heavy atom. The molecule has 0 aromatic heterocycles. The zero-order valence-corrected chi connectivity index (χ0v) is 9.91. The third-order valence-corrected chi connectivity index (χ3v) is 2.26. The lowest BCUT2D eigenvalue weighted by Gasteiger charge is -2.06. The highest BCUT2D eigenvalue weighted by atomic mass is 16.6. The van der Waals surface area contributed by atoms with Crippen LogP contribution in [0.2, 0.25) is 0 Å². The number of nitrogens with one attached hydrogen (secondary N) is 1. The van der Waals surface area contributed by atoms with Crippen LogP contribution in [0, 0.1) is 0 Å². The summed E-state index contributed by atoms with van der Waals surface area (Å²) in [4.78, 5) is 9.40. The third kappa shape index (κ3) is 3.92. The van der Waals surface area contributed by atoms with Gasteiger partial charge in [-0.2, -0.15) is 0 Å². The first kappa shape index (κ1) is 12.1. The molecule has 2 aromatic rings. The van der Waals surface area contributed by atoms with Gasteiger partial charge in [-0.25, -0.2) is 10.5 Å². The molecule has 4 nitrogen and oxygen atoms in total. The Balaban J connectivity index is 1.82. The second-order valence-electron chi connectivity index (χ2n) is 3.71. The number of guanidine groups is 1. The molecule has 2 aromatic carbocycles. The largest absolute Gasteiger partial charge is 0.368 e. The first-order chi connectivity index (χ1) is 8.84. The minimum atomic E-state index is 0.233. The smallest absolute Gasteiger partial charge is 0.218 e. The predicted molar refractivity (Wildman–Crippen MR) is 72.1 cm³/mol. The molecular weight excluding hydrogens is 226 g/mol. The fourth-order valence-electron chi connectivity index (χ4n) is 1.43. The quantitative estimate of drug-likeness (QED) is 0.491. The molecule has 0 bridgehead atoms. The first-order valence-corrected chi connectivity index (χ1v) is 5.65. The highest BCUT2D eigenvalue weighted by Gasteiger charge is 1.94. The average Bonchev–Trinajstić information content (AvgIpc) is 2.41. The van der Waals surface area contributed by atoms with E-state index in [1.54, 1.807) is 0 Å². The van der Waals surface area contributed by atoms with Gasteiger partial charge in [-0.05, 0) is 17.7 Å². The Bertz CT molecular complexity index is 497. The van der Waals surface area contributed by atoms with Gasteiger partial charge in [-0.3, -0.25) is 4.84 Å². The van der Waals surface area contributed by atoms with Crippen molar-refractivity contribution in [2.24, 2.45) is 10.7 Å². The van der Waals surface area contributed by atoms with Gasteiger partial charge in [0, 0.05) is 0 Å². The zero-order chi connectivity index (χ0) is 12.6. The highest BCUT2D eigenvalue weighted by molar-refractivity contribution is 5.79. The van der Waals surface area contributed by atoms with E-state index >= 15 is 0 Å². The molecule has 0 radical (unpaired) electrons. The average molecular weight is 241 g/mol. The molecule has 0 heterocycles. The number of rotatable bonds is 4. The fraction of sp³-hybridized carbons (Fsp3) is 0.0714. The maximum atomic E-state index is 5.68. The van der Waals surface area contributed by atoms with Crippen LogP contribution >= 0.6 is 0 Å². The summed E-state index contributed by atoms with van der Waals surface area (Å²) in [6.45, 7) is 0.436. The minimum absolute atomic E-state index is 0.233. The molecule has 0 aliphatic heterocycles. The van der Waals surface area contributed by atoms with Crippen LogP contribution < -0.4 is 11.2 Å². The van der Waals surface area contributed by atoms with Crippen molar-refractivity contribution in [2.75, 3.05) is 0 Å². The normalized spacial score (nSPS) is 11.2. The summed E-state index contributed by atoms with van der Waals surface area (Å²) in [5, 5.41) is 0.